The third kappa shape index (κ3) is 1.54. The van der Waals surface area contributed by atoms with Crippen molar-refractivity contribution in [1.29, 1.82) is 0 Å². The fraction of sp³-hybridized carbons (Fsp3) is 0.500. The summed E-state index contributed by atoms with van der Waals surface area (Å²) in [5.41, 5.74) is 0.646. The van der Waals surface area contributed by atoms with Crippen molar-refractivity contribution in [1.82, 2.24) is 10.2 Å². The highest BCUT2D eigenvalue weighted by molar-refractivity contribution is 6.06. The number of nitrogens with one attached hydrogen (secondary N) is 1. The van der Waals surface area contributed by atoms with Gasteiger partial charge in [0.05, 0.1) is 5.56 Å². The number of rotatable bonds is 1. The Kier molecular flexibility index (Phi) is 1.92. The largest absolute Gasteiger partial charge is 0.476 e. The lowest BCUT2D eigenvalue weighted by molar-refractivity contribution is 0.0683. The van der Waals surface area contributed by atoms with Crippen LogP contribution in [-0.4, -0.2) is 27.1 Å². The average Bonchev–Trinajstić information content (AvgIpc) is 2.45. The number of hydrogen-bond donors (Lipinski definition) is 2. The quantitative estimate of drug-likeness (QED) is 0.727. The van der Waals surface area contributed by atoms with Crippen LogP contribution in [-0.2, 0) is 6.42 Å². The van der Waals surface area contributed by atoms with Crippen LogP contribution >= 0.6 is 0 Å². The molecule has 0 radical (unpaired) electrons. The van der Waals surface area contributed by atoms with Gasteiger partial charge >= 0.3 is 5.97 Å². The second kappa shape index (κ2) is 2.92. The smallest absolute Gasteiger partial charge is 0.357 e. The number of aromatic carboxylic acids is 1. The molecule has 1 aliphatic carbocycles. The van der Waals surface area contributed by atoms with Crippen molar-refractivity contribution < 1.29 is 14.7 Å². The van der Waals surface area contributed by atoms with Crippen molar-refractivity contribution >= 4 is 11.8 Å². The first-order valence-corrected chi connectivity index (χ1v) is 4.74. The van der Waals surface area contributed by atoms with Crippen molar-refractivity contribution in [2.24, 2.45) is 5.41 Å². The molecule has 1 heterocycles. The number of hydrogen-bond acceptors (Lipinski definition) is 3. The molecular formula is C10H12N2O3. The van der Waals surface area contributed by atoms with E-state index in [1.807, 2.05) is 13.8 Å². The van der Waals surface area contributed by atoms with Crippen LogP contribution in [0.2, 0.25) is 0 Å². The molecule has 0 bridgehead atoms. The second-order valence-electron chi connectivity index (χ2n) is 4.67. The molecule has 1 aromatic heterocycles. The summed E-state index contributed by atoms with van der Waals surface area (Å²) in [6.07, 6.45) is 1.04. The average molecular weight is 208 g/mol. The fourth-order valence-corrected chi connectivity index (χ4v) is 2.03. The molecule has 0 atom stereocenters. The third-order valence-corrected chi connectivity index (χ3v) is 2.62. The summed E-state index contributed by atoms with van der Waals surface area (Å²) in [4.78, 5) is 22.6. The molecule has 0 aliphatic heterocycles. The normalized spacial score (nSPS) is 18.7. The first-order valence-electron chi connectivity index (χ1n) is 4.74. The van der Waals surface area contributed by atoms with Crippen molar-refractivity contribution in [3.05, 3.63) is 17.0 Å². The van der Waals surface area contributed by atoms with Crippen molar-refractivity contribution in [2.45, 2.75) is 26.7 Å². The number of carbonyl (C=O) groups is 2. The first kappa shape index (κ1) is 9.89. The molecule has 5 nitrogen and oxygen atoms in total. The van der Waals surface area contributed by atoms with E-state index in [2.05, 4.69) is 10.2 Å². The summed E-state index contributed by atoms with van der Waals surface area (Å²) in [6, 6.07) is 0. The number of carboxylic acids is 1. The van der Waals surface area contributed by atoms with E-state index >= 15 is 0 Å². The Balaban J connectivity index is 2.53. The van der Waals surface area contributed by atoms with Gasteiger partial charge in [0.15, 0.2) is 11.5 Å². The Bertz CT molecular complexity index is 446. The number of carboxylic acid groups (broad SMARTS) is 1. The zero-order valence-corrected chi connectivity index (χ0v) is 8.63. The summed E-state index contributed by atoms with van der Waals surface area (Å²) in [5.74, 6) is -1.28. The summed E-state index contributed by atoms with van der Waals surface area (Å²) >= 11 is 0. The molecule has 0 fully saturated rings. The zero-order valence-electron chi connectivity index (χ0n) is 8.63. The van der Waals surface area contributed by atoms with Crippen LogP contribution in [0.15, 0.2) is 0 Å². The maximum atomic E-state index is 11.8. The van der Waals surface area contributed by atoms with Crippen molar-refractivity contribution in [2.75, 3.05) is 0 Å². The van der Waals surface area contributed by atoms with Gasteiger partial charge in [-0.3, -0.25) is 9.89 Å². The van der Waals surface area contributed by atoms with E-state index in [9.17, 15) is 9.59 Å². The van der Waals surface area contributed by atoms with Crippen LogP contribution < -0.4 is 0 Å². The molecule has 2 N–H and O–H groups in total. The molecule has 0 aromatic carbocycles. The SMILES string of the molecule is CC1(C)CC(=O)c2c(C(=O)O)n[nH]c2C1. The van der Waals surface area contributed by atoms with Gasteiger partial charge in [-0.2, -0.15) is 5.10 Å². The Morgan fingerprint density at radius 2 is 2.13 bits per heavy atom. The van der Waals surface area contributed by atoms with Crippen molar-refractivity contribution in [3.8, 4) is 0 Å². The number of Topliss-reactive ketones (excluding diaryl/α,β-unsaturated/α-hetero) is 1. The second-order valence-corrected chi connectivity index (χ2v) is 4.67. The van der Waals surface area contributed by atoms with E-state index in [1.54, 1.807) is 0 Å². The van der Waals surface area contributed by atoms with Crippen LogP contribution in [0.25, 0.3) is 0 Å². The number of aromatic amines is 1. The van der Waals surface area contributed by atoms with Gasteiger partial charge in [-0.05, 0) is 11.8 Å². The fourth-order valence-electron chi connectivity index (χ4n) is 2.03. The van der Waals surface area contributed by atoms with Crippen molar-refractivity contribution in [3.63, 3.8) is 0 Å². The van der Waals surface area contributed by atoms with E-state index in [-0.39, 0.29) is 22.5 Å². The highest BCUT2D eigenvalue weighted by Crippen LogP contribution is 2.34. The van der Waals surface area contributed by atoms with Crippen LogP contribution in [0.5, 0.6) is 0 Å². The molecule has 1 aliphatic rings. The highest BCUT2D eigenvalue weighted by atomic mass is 16.4. The van der Waals surface area contributed by atoms with E-state index in [1.165, 1.54) is 0 Å². The monoisotopic (exact) mass is 208 g/mol. The van der Waals surface area contributed by atoms with Crippen LogP contribution in [0.1, 0.15) is 46.8 Å². The van der Waals surface area contributed by atoms with Crippen LogP contribution in [0.4, 0.5) is 0 Å². The van der Waals surface area contributed by atoms with Gasteiger partial charge in [-0.25, -0.2) is 4.79 Å². The van der Waals surface area contributed by atoms with Gasteiger partial charge in [-0.1, -0.05) is 13.8 Å². The lowest BCUT2D eigenvalue weighted by Crippen LogP contribution is -2.27. The molecule has 5 heteroatoms. The number of H-pyrrole nitrogens is 1. The molecule has 15 heavy (non-hydrogen) atoms. The van der Waals surface area contributed by atoms with E-state index in [4.69, 9.17) is 5.11 Å². The van der Waals surface area contributed by atoms with E-state index in [0.29, 0.717) is 18.5 Å². The molecule has 1 aromatic rings. The molecule has 0 unspecified atom stereocenters. The zero-order chi connectivity index (χ0) is 11.2. The summed E-state index contributed by atoms with van der Waals surface area (Å²) in [7, 11) is 0. The van der Waals surface area contributed by atoms with E-state index < -0.39 is 5.97 Å². The molecular weight excluding hydrogens is 196 g/mol. The Labute approximate surface area is 86.5 Å². The standard InChI is InChI=1S/C10H12N2O3/c1-10(2)3-5-7(6(13)4-10)8(9(14)15)12-11-5/h3-4H2,1-2H3,(H,11,12)(H,14,15). The van der Waals surface area contributed by atoms with Gasteiger partial charge in [0.2, 0.25) is 0 Å². The molecule has 0 saturated heterocycles. The topological polar surface area (TPSA) is 83.1 Å². The predicted octanol–water partition coefficient (Wildman–Crippen LogP) is 1.26. The third-order valence-electron chi connectivity index (χ3n) is 2.62. The lowest BCUT2D eigenvalue weighted by Gasteiger charge is -2.27. The molecule has 0 amide bonds. The number of fused-ring (bicyclic) bond motifs is 1. The van der Waals surface area contributed by atoms with Gasteiger partial charge in [0, 0.05) is 12.1 Å². The van der Waals surface area contributed by atoms with Gasteiger partial charge < -0.3 is 5.11 Å². The highest BCUT2D eigenvalue weighted by Gasteiger charge is 2.36. The minimum atomic E-state index is -1.15. The van der Waals surface area contributed by atoms with Gasteiger partial charge in [0.25, 0.3) is 0 Å². The summed E-state index contributed by atoms with van der Waals surface area (Å²) in [6.45, 7) is 3.96. The molecule has 0 saturated carbocycles. The lowest BCUT2D eigenvalue weighted by atomic mass is 9.76. The first-order chi connectivity index (χ1) is 6.91. The minimum Gasteiger partial charge on any atom is -0.476 e. The maximum absolute atomic E-state index is 11.8. The molecule has 80 valence electrons. The summed E-state index contributed by atoms with van der Waals surface area (Å²) < 4.78 is 0. The van der Waals surface area contributed by atoms with E-state index in [0.717, 1.165) is 0 Å². The van der Waals surface area contributed by atoms with Crippen LogP contribution in [0, 0.1) is 5.41 Å². The molecule has 0 spiro atoms. The number of carbonyl (C=O) groups excluding carboxylic acids is 1. The Hall–Kier alpha value is -1.65. The molecule has 2 rings (SSSR count). The minimum absolute atomic E-state index is 0.119. The van der Waals surface area contributed by atoms with Gasteiger partial charge in [-0.15, -0.1) is 0 Å². The Morgan fingerprint density at radius 1 is 1.47 bits per heavy atom. The predicted molar refractivity (Wildman–Crippen MR) is 52.0 cm³/mol. The van der Waals surface area contributed by atoms with Gasteiger partial charge in [0.1, 0.15) is 0 Å². The summed E-state index contributed by atoms with van der Waals surface area (Å²) in [5, 5.41) is 15.2. The Morgan fingerprint density at radius 3 is 2.73 bits per heavy atom. The number of aromatic nitrogens is 2. The number of ketones is 1. The number of nitrogens with zero attached hydrogens (tertiary/aromatic N) is 1. The maximum Gasteiger partial charge on any atom is 0.357 e. The van der Waals surface area contributed by atoms with Crippen LogP contribution in [0.3, 0.4) is 0 Å².